The van der Waals surface area contributed by atoms with Crippen LogP contribution in [0.4, 0.5) is 0 Å². The van der Waals surface area contributed by atoms with Gasteiger partial charge in [0.25, 0.3) is 5.56 Å². The molecule has 0 atom stereocenters. The molecule has 2 N–H and O–H groups in total. The molecule has 0 radical (unpaired) electrons. The minimum atomic E-state index is -1.22. The van der Waals surface area contributed by atoms with Crippen LogP contribution in [0.5, 0.6) is 0 Å². The van der Waals surface area contributed by atoms with Crippen LogP contribution in [0.3, 0.4) is 0 Å². The number of carboxylic acids is 1. The number of rotatable bonds is 1. The van der Waals surface area contributed by atoms with E-state index < -0.39 is 11.5 Å². The predicted octanol–water partition coefficient (Wildman–Crippen LogP) is 2.38. The van der Waals surface area contributed by atoms with E-state index in [9.17, 15) is 9.59 Å². The highest BCUT2D eigenvalue weighted by Gasteiger charge is 2.10. The first-order valence-electron chi connectivity index (χ1n) is 5.44. The van der Waals surface area contributed by atoms with E-state index in [0.717, 1.165) is 10.8 Å². The molecule has 0 spiro atoms. The summed E-state index contributed by atoms with van der Waals surface area (Å²) < 4.78 is 0. The Hall–Kier alpha value is -2.62. The molecule has 3 aromatic rings. The molecule has 1 aromatic heterocycles. The minimum absolute atomic E-state index is 0.238. The quantitative estimate of drug-likeness (QED) is 0.640. The van der Waals surface area contributed by atoms with E-state index in [1.165, 1.54) is 6.07 Å². The smallest absolute Gasteiger partial charge is 0.341 e. The summed E-state index contributed by atoms with van der Waals surface area (Å²) in [7, 11) is 0. The van der Waals surface area contributed by atoms with Gasteiger partial charge in [-0.25, -0.2) is 4.79 Å². The number of carbonyl (C=O) groups is 1. The third kappa shape index (κ3) is 1.55. The summed E-state index contributed by atoms with van der Waals surface area (Å²) in [6.07, 6.45) is 0. The second kappa shape index (κ2) is 3.70. The number of carboxylic acid groups (broad SMARTS) is 1. The van der Waals surface area contributed by atoms with Gasteiger partial charge in [-0.15, -0.1) is 0 Å². The average Bonchev–Trinajstić information content (AvgIpc) is 2.35. The van der Waals surface area contributed by atoms with Gasteiger partial charge in [0.2, 0.25) is 0 Å². The van der Waals surface area contributed by atoms with Crippen LogP contribution >= 0.6 is 0 Å². The summed E-state index contributed by atoms with van der Waals surface area (Å²) in [5.41, 5.74) is -0.174. The van der Waals surface area contributed by atoms with Crippen molar-refractivity contribution in [1.29, 1.82) is 0 Å². The standard InChI is InChI=1S/C14H9NO3/c16-13-11(14(17)18)6-10-5-8-3-1-2-4-9(8)7-12(10)15-13/h1-7H,(H,15,16)(H,17,18). The highest BCUT2D eigenvalue weighted by Crippen LogP contribution is 2.20. The molecular formula is C14H9NO3. The van der Waals surface area contributed by atoms with Crippen LogP contribution in [-0.2, 0) is 0 Å². The number of hydrogen-bond acceptors (Lipinski definition) is 2. The van der Waals surface area contributed by atoms with Gasteiger partial charge in [-0.2, -0.15) is 0 Å². The first-order chi connectivity index (χ1) is 8.65. The maximum atomic E-state index is 11.6. The van der Waals surface area contributed by atoms with Crippen molar-refractivity contribution < 1.29 is 9.90 Å². The zero-order valence-corrected chi connectivity index (χ0v) is 9.31. The average molecular weight is 239 g/mol. The third-order valence-electron chi connectivity index (χ3n) is 2.94. The summed E-state index contributed by atoms with van der Waals surface area (Å²) in [5, 5.41) is 11.6. The number of benzene rings is 2. The molecule has 2 aromatic carbocycles. The van der Waals surface area contributed by atoms with Crippen LogP contribution in [0.1, 0.15) is 10.4 Å². The number of hydrogen-bond donors (Lipinski definition) is 2. The van der Waals surface area contributed by atoms with Gasteiger partial charge in [-0.1, -0.05) is 24.3 Å². The van der Waals surface area contributed by atoms with Crippen LogP contribution in [0, 0.1) is 0 Å². The Morgan fingerprint density at radius 1 is 1.00 bits per heavy atom. The molecule has 4 nitrogen and oxygen atoms in total. The van der Waals surface area contributed by atoms with E-state index >= 15 is 0 Å². The lowest BCUT2D eigenvalue weighted by Crippen LogP contribution is -2.16. The number of pyridine rings is 1. The molecule has 0 aliphatic carbocycles. The van der Waals surface area contributed by atoms with Crippen molar-refractivity contribution in [2.45, 2.75) is 0 Å². The number of aromatic carboxylic acids is 1. The molecule has 0 saturated heterocycles. The third-order valence-corrected chi connectivity index (χ3v) is 2.94. The van der Waals surface area contributed by atoms with E-state index in [1.54, 1.807) is 0 Å². The van der Waals surface area contributed by atoms with Crippen LogP contribution in [-0.4, -0.2) is 16.1 Å². The van der Waals surface area contributed by atoms with Crippen molar-refractivity contribution in [3.8, 4) is 0 Å². The van der Waals surface area contributed by atoms with Crippen LogP contribution in [0.25, 0.3) is 21.7 Å². The lowest BCUT2D eigenvalue weighted by Gasteiger charge is -2.03. The fourth-order valence-electron chi connectivity index (χ4n) is 2.06. The number of H-pyrrole nitrogens is 1. The first kappa shape index (κ1) is 10.5. The topological polar surface area (TPSA) is 70.2 Å². The van der Waals surface area contributed by atoms with E-state index in [2.05, 4.69) is 4.98 Å². The van der Waals surface area contributed by atoms with Gasteiger partial charge in [0.1, 0.15) is 5.56 Å². The van der Waals surface area contributed by atoms with Gasteiger partial charge in [0, 0.05) is 5.52 Å². The lowest BCUT2D eigenvalue weighted by molar-refractivity contribution is 0.0695. The van der Waals surface area contributed by atoms with Crippen molar-refractivity contribution in [2.24, 2.45) is 0 Å². The summed E-state index contributed by atoms with van der Waals surface area (Å²) in [5.74, 6) is -1.22. The fraction of sp³-hybridized carbons (Fsp3) is 0. The van der Waals surface area contributed by atoms with Gasteiger partial charge in [0.15, 0.2) is 0 Å². The molecule has 0 amide bonds. The van der Waals surface area contributed by atoms with E-state index in [4.69, 9.17) is 5.11 Å². The largest absolute Gasteiger partial charge is 0.477 e. The molecule has 4 heteroatoms. The van der Waals surface area contributed by atoms with Gasteiger partial charge >= 0.3 is 5.97 Å². The van der Waals surface area contributed by atoms with Crippen LogP contribution < -0.4 is 5.56 Å². The van der Waals surface area contributed by atoms with Crippen molar-refractivity contribution in [2.75, 3.05) is 0 Å². The number of nitrogens with one attached hydrogen (secondary N) is 1. The van der Waals surface area contributed by atoms with Crippen LogP contribution in [0.15, 0.2) is 47.3 Å². The molecule has 88 valence electrons. The minimum Gasteiger partial charge on any atom is -0.477 e. The SMILES string of the molecule is O=C(O)c1cc2cc3ccccc3cc2[nH]c1=O. The lowest BCUT2D eigenvalue weighted by atomic mass is 10.1. The highest BCUT2D eigenvalue weighted by molar-refractivity contribution is 5.99. The van der Waals surface area contributed by atoms with Gasteiger partial charge in [0.05, 0.1) is 0 Å². The summed E-state index contributed by atoms with van der Waals surface area (Å²) in [6.45, 7) is 0. The zero-order valence-electron chi connectivity index (χ0n) is 9.31. The first-order valence-corrected chi connectivity index (χ1v) is 5.44. The molecule has 1 heterocycles. The highest BCUT2D eigenvalue weighted by atomic mass is 16.4. The second-order valence-electron chi connectivity index (χ2n) is 4.10. The maximum absolute atomic E-state index is 11.6. The van der Waals surface area contributed by atoms with Gasteiger partial charge in [-0.3, -0.25) is 4.79 Å². The van der Waals surface area contributed by atoms with E-state index in [-0.39, 0.29) is 5.56 Å². The number of aromatic nitrogens is 1. The molecule has 3 rings (SSSR count). The monoisotopic (exact) mass is 239 g/mol. The van der Waals surface area contributed by atoms with E-state index in [1.807, 2.05) is 36.4 Å². The maximum Gasteiger partial charge on any atom is 0.341 e. The zero-order chi connectivity index (χ0) is 12.7. The molecule has 0 aliphatic heterocycles. The number of aromatic amines is 1. The Balaban J connectivity index is 2.44. The normalized spacial score (nSPS) is 10.9. The Morgan fingerprint density at radius 3 is 2.33 bits per heavy atom. The summed E-state index contributed by atoms with van der Waals surface area (Å²) >= 11 is 0. The Labute approximate surface area is 101 Å². The Morgan fingerprint density at radius 2 is 1.67 bits per heavy atom. The second-order valence-corrected chi connectivity index (χ2v) is 4.10. The molecule has 0 unspecified atom stereocenters. The van der Waals surface area contributed by atoms with Crippen LogP contribution in [0.2, 0.25) is 0 Å². The summed E-state index contributed by atoms with van der Waals surface area (Å²) in [6, 6.07) is 12.8. The molecule has 18 heavy (non-hydrogen) atoms. The van der Waals surface area contributed by atoms with Crippen molar-refractivity contribution >= 4 is 27.6 Å². The number of fused-ring (bicyclic) bond motifs is 2. The van der Waals surface area contributed by atoms with Crippen molar-refractivity contribution in [3.05, 3.63) is 58.4 Å². The molecule has 0 aliphatic rings. The summed E-state index contributed by atoms with van der Waals surface area (Å²) in [4.78, 5) is 25.1. The van der Waals surface area contributed by atoms with Gasteiger partial charge in [-0.05, 0) is 34.4 Å². The van der Waals surface area contributed by atoms with E-state index in [0.29, 0.717) is 10.9 Å². The fourth-order valence-corrected chi connectivity index (χ4v) is 2.06. The Kier molecular flexibility index (Phi) is 2.16. The Bertz CT molecular complexity index is 833. The molecule has 0 fully saturated rings. The molecule has 0 bridgehead atoms. The predicted molar refractivity (Wildman–Crippen MR) is 69.0 cm³/mol. The van der Waals surface area contributed by atoms with Gasteiger partial charge < -0.3 is 10.1 Å². The molecular weight excluding hydrogens is 230 g/mol. The van der Waals surface area contributed by atoms with Crippen molar-refractivity contribution in [3.63, 3.8) is 0 Å². The molecule has 0 saturated carbocycles. The van der Waals surface area contributed by atoms with Crippen molar-refractivity contribution in [1.82, 2.24) is 4.98 Å².